The van der Waals surface area contributed by atoms with Crippen LogP contribution in [0.1, 0.15) is 38.4 Å². The van der Waals surface area contributed by atoms with Crippen molar-refractivity contribution < 1.29 is 9.18 Å². The lowest BCUT2D eigenvalue weighted by molar-refractivity contribution is 0.0730. The van der Waals surface area contributed by atoms with Crippen molar-refractivity contribution >= 4 is 5.91 Å². The molecule has 162 valence electrons. The van der Waals surface area contributed by atoms with Crippen LogP contribution in [0.15, 0.2) is 79.1 Å². The van der Waals surface area contributed by atoms with Crippen LogP contribution in [0.5, 0.6) is 0 Å². The first-order valence-electron chi connectivity index (χ1n) is 10.5. The Morgan fingerprint density at radius 3 is 2.25 bits per heavy atom. The van der Waals surface area contributed by atoms with Crippen LogP contribution in [0.3, 0.4) is 0 Å². The zero-order valence-electron chi connectivity index (χ0n) is 18.2. The van der Waals surface area contributed by atoms with E-state index in [2.05, 4.69) is 10.1 Å². The van der Waals surface area contributed by atoms with E-state index < -0.39 is 0 Å². The number of benzene rings is 2. The molecular weight excluding hydrogens is 403 g/mol. The molecule has 0 bridgehead atoms. The Balaban J connectivity index is 1.53. The lowest BCUT2D eigenvalue weighted by Crippen LogP contribution is -2.30. The number of carbonyl (C=O) groups excluding carboxylic acids is 1. The van der Waals surface area contributed by atoms with Gasteiger partial charge in [-0.3, -0.25) is 14.5 Å². The predicted molar refractivity (Wildman–Crippen MR) is 121 cm³/mol. The molecule has 2 aromatic carbocycles. The van der Waals surface area contributed by atoms with Crippen molar-refractivity contribution in [1.29, 1.82) is 0 Å². The molecular formula is C26H25FN4O. The van der Waals surface area contributed by atoms with Crippen molar-refractivity contribution in [2.24, 2.45) is 0 Å². The Morgan fingerprint density at radius 1 is 0.938 bits per heavy atom. The third kappa shape index (κ3) is 5.27. The number of hydrogen-bond donors (Lipinski definition) is 0. The number of aromatic nitrogens is 3. The van der Waals surface area contributed by atoms with Crippen molar-refractivity contribution in [2.75, 3.05) is 0 Å². The van der Waals surface area contributed by atoms with Crippen LogP contribution < -0.4 is 0 Å². The molecule has 4 rings (SSSR count). The summed E-state index contributed by atoms with van der Waals surface area (Å²) in [7, 11) is 0. The van der Waals surface area contributed by atoms with Gasteiger partial charge in [0.1, 0.15) is 5.82 Å². The normalized spacial score (nSPS) is 10.8. The molecule has 0 N–H and O–H groups in total. The second kappa shape index (κ2) is 9.56. The molecule has 0 aliphatic rings. The number of aryl methyl sites for hydroxylation is 2. The molecule has 0 saturated heterocycles. The van der Waals surface area contributed by atoms with Crippen LogP contribution >= 0.6 is 0 Å². The van der Waals surface area contributed by atoms with Gasteiger partial charge < -0.3 is 4.90 Å². The number of amides is 1. The van der Waals surface area contributed by atoms with E-state index in [1.54, 1.807) is 29.4 Å². The Labute approximate surface area is 187 Å². The molecule has 0 fully saturated rings. The summed E-state index contributed by atoms with van der Waals surface area (Å²) < 4.78 is 15.3. The van der Waals surface area contributed by atoms with Crippen LogP contribution in [-0.4, -0.2) is 25.6 Å². The molecule has 32 heavy (non-hydrogen) atoms. The number of carbonyl (C=O) groups is 1. The third-order valence-corrected chi connectivity index (χ3v) is 5.31. The van der Waals surface area contributed by atoms with Crippen molar-refractivity contribution in [2.45, 2.75) is 33.5 Å². The lowest BCUT2D eigenvalue weighted by Gasteiger charge is -2.23. The first kappa shape index (κ1) is 21.4. The molecule has 2 aromatic heterocycles. The maximum atomic E-state index is 13.4. The second-order valence-electron chi connectivity index (χ2n) is 7.93. The number of pyridine rings is 1. The van der Waals surface area contributed by atoms with Gasteiger partial charge in [-0.2, -0.15) is 5.10 Å². The fraction of sp³-hybridized carbons (Fsp3) is 0.192. The molecule has 0 aliphatic heterocycles. The highest BCUT2D eigenvalue weighted by molar-refractivity contribution is 5.94. The molecule has 0 atom stereocenters. The molecule has 0 saturated carbocycles. The number of nitrogens with zero attached hydrogens (tertiary/aromatic N) is 4. The SMILES string of the molecule is Cc1cc(C)n(Cc2ccc(C(=O)N(Cc3ccc(F)cc3)Cc3cccnc3)cc2)n1. The van der Waals surface area contributed by atoms with Gasteiger partial charge in [0, 0.05) is 36.7 Å². The highest BCUT2D eigenvalue weighted by Gasteiger charge is 2.17. The number of halogens is 1. The smallest absolute Gasteiger partial charge is 0.254 e. The van der Waals surface area contributed by atoms with E-state index in [1.807, 2.05) is 61.0 Å². The minimum atomic E-state index is -0.294. The van der Waals surface area contributed by atoms with Gasteiger partial charge in [0.05, 0.1) is 12.2 Å². The number of hydrogen-bond acceptors (Lipinski definition) is 3. The minimum Gasteiger partial charge on any atom is -0.330 e. The second-order valence-corrected chi connectivity index (χ2v) is 7.93. The standard InChI is InChI=1S/C26H25FN4O/c1-19-14-20(2)31(29-19)18-22-5-9-24(10-6-22)26(32)30(17-23-4-3-13-28-15-23)16-21-7-11-25(27)12-8-21/h3-15H,16-18H2,1-2H3. The van der Waals surface area contributed by atoms with Gasteiger partial charge >= 0.3 is 0 Å². The van der Waals surface area contributed by atoms with E-state index in [0.717, 1.165) is 28.1 Å². The maximum absolute atomic E-state index is 13.4. The van der Waals surface area contributed by atoms with Crippen LogP contribution in [-0.2, 0) is 19.6 Å². The van der Waals surface area contributed by atoms with Gasteiger partial charge in [-0.25, -0.2) is 4.39 Å². The van der Waals surface area contributed by atoms with E-state index in [0.29, 0.717) is 25.2 Å². The van der Waals surface area contributed by atoms with Crippen molar-refractivity contribution in [1.82, 2.24) is 19.7 Å². The molecule has 4 aromatic rings. The summed E-state index contributed by atoms with van der Waals surface area (Å²) in [5.41, 5.74) is 5.57. The summed E-state index contributed by atoms with van der Waals surface area (Å²) in [6.45, 7) is 5.45. The van der Waals surface area contributed by atoms with E-state index in [9.17, 15) is 9.18 Å². The summed E-state index contributed by atoms with van der Waals surface area (Å²) in [5, 5.41) is 4.50. The third-order valence-electron chi connectivity index (χ3n) is 5.31. The Hall–Kier alpha value is -3.80. The van der Waals surface area contributed by atoms with Crippen molar-refractivity contribution in [3.8, 4) is 0 Å². The first-order chi connectivity index (χ1) is 15.5. The molecule has 0 aliphatic carbocycles. The fourth-order valence-corrected chi connectivity index (χ4v) is 3.67. The van der Waals surface area contributed by atoms with Gasteiger partial charge in [0.15, 0.2) is 0 Å². The van der Waals surface area contributed by atoms with Crippen LogP contribution in [0.4, 0.5) is 4.39 Å². The summed E-state index contributed by atoms with van der Waals surface area (Å²) >= 11 is 0. The van der Waals surface area contributed by atoms with Crippen molar-refractivity contribution in [3.63, 3.8) is 0 Å². The molecule has 0 radical (unpaired) electrons. The Kier molecular flexibility index (Phi) is 6.40. The Bertz CT molecular complexity index is 1180. The first-order valence-corrected chi connectivity index (χ1v) is 10.5. The highest BCUT2D eigenvalue weighted by Crippen LogP contribution is 2.16. The average molecular weight is 429 g/mol. The minimum absolute atomic E-state index is 0.0872. The zero-order valence-corrected chi connectivity index (χ0v) is 18.2. The highest BCUT2D eigenvalue weighted by atomic mass is 19.1. The van der Waals surface area contributed by atoms with Crippen LogP contribution in [0.25, 0.3) is 0 Å². The largest absolute Gasteiger partial charge is 0.330 e. The molecule has 0 unspecified atom stereocenters. The van der Waals surface area contributed by atoms with Gasteiger partial charge in [-0.05, 0) is 66.9 Å². The van der Waals surface area contributed by atoms with Crippen LogP contribution in [0.2, 0.25) is 0 Å². The van der Waals surface area contributed by atoms with E-state index in [4.69, 9.17) is 0 Å². The van der Waals surface area contributed by atoms with Gasteiger partial charge in [0.25, 0.3) is 5.91 Å². The van der Waals surface area contributed by atoms with E-state index in [-0.39, 0.29) is 11.7 Å². The molecule has 2 heterocycles. The predicted octanol–water partition coefficient (Wildman–Crippen LogP) is 4.92. The van der Waals surface area contributed by atoms with Crippen molar-refractivity contribution in [3.05, 3.63) is 119 Å². The lowest BCUT2D eigenvalue weighted by atomic mass is 10.1. The molecule has 1 amide bonds. The summed E-state index contributed by atoms with van der Waals surface area (Å²) in [6, 6.07) is 19.7. The summed E-state index contributed by atoms with van der Waals surface area (Å²) in [6.07, 6.45) is 3.46. The number of rotatable bonds is 7. The topological polar surface area (TPSA) is 51.0 Å². The fourth-order valence-electron chi connectivity index (χ4n) is 3.67. The monoisotopic (exact) mass is 428 g/mol. The Morgan fingerprint density at radius 2 is 1.62 bits per heavy atom. The van der Waals surface area contributed by atoms with Gasteiger partial charge in [-0.15, -0.1) is 0 Å². The quantitative estimate of drug-likeness (QED) is 0.420. The zero-order chi connectivity index (χ0) is 22.5. The molecule has 0 spiro atoms. The molecule has 6 heteroatoms. The summed E-state index contributed by atoms with van der Waals surface area (Å²) in [4.78, 5) is 19.3. The maximum Gasteiger partial charge on any atom is 0.254 e. The summed E-state index contributed by atoms with van der Waals surface area (Å²) in [5.74, 6) is -0.382. The van der Waals surface area contributed by atoms with Gasteiger partial charge in [-0.1, -0.05) is 30.3 Å². The van der Waals surface area contributed by atoms with E-state index >= 15 is 0 Å². The molecule has 5 nitrogen and oxygen atoms in total. The van der Waals surface area contributed by atoms with Gasteiger partial charge in [0.2, 0.25) is 0 Å². The average Bonchev–Trinajstić information content (AvgIpc) is 3.12. The van der Waals surface area contributed by atoms with E-state index in [1.165, 1.54) is 12.1 Å². The van der Waals surface area contributed by atoms with Crippen LogP contribution in [0, 0.1) is 19.7 Å².